The van der Waals surface area contributed by atoms with Crippen molar-refractivity contribution in [2.75, 3.05) is 28.6 Å². The summed E-state index contributed by atoms with van der Waals surface area (Å²) in [4.78, 5) is 18.1. The van der Waals surface area contributed by atoms with Crippen molar-refractivity contribution in [1.82, 2.24) is 9.97 Å². The van der Waals surface area contributed by atoms with Crippen LogP contribution in [0, 0.1) is 16.2 Å². The number of rotatable bonds is 3. The van der Waals surface area contributed by atoms with Crippen LogP contribution in [0.25, 0.3) is 0 Å². The smallest absolute Gasteiger partial charge is 0.224 e. The van der Waals surface area contributed by atoms with E-state index in [1.807, 2.05) is 0 Å². The summed E-state index contributed by atoms with van der Waals surface area (Å²) in [6, 6.07) is -0.368. The van der Waals surface area contributed by atoms with Gasteiger partial charge in [-0.3, -0.25) is 0 Å². The van der Waals surface area contributed by atoms with Gasteiger partial charge in [0.25, 0.3) is 0 Å². The zero-order valence-corrected chi connectivity index (χ0v) is 9.74. The summed E-state index contributed by atoms with van der Waals surface area (Å²) in [6.07, 6.45) is -1.28. The number of fused-ring (bicyclic) bond motifs is 1. The molecule has 0 bridgehead atoms. The van der Waals surface area contributed by atoms with Crippen LogP contribution >= 0.6 is 0 Å². The van der Waals surface area contributed by atoms with Crippen LogP contribution in [0.2, 0.25) is 0 Å². The fourth-order valence-electron chi connectivity index (χ4n) is 1.80. The lowest BCUT2D eigenvalue weighted by Gasteiger charge is -2.31. The Labute approximate surface area is 107 Å². The molecule has 10 nitrogen and oxygen atoms in total. The predicted octanol–water partition coefficient (Wildman–Crippen LogP) is -1.13. The highest BCUT2D eigenvalue weighted by Gasteiger charge is 2.32. The lowest BCUT2D eigenvalue weighted by atomic mass is 10.0. The molecular weight excluding hydrogens is 252 g/mol. The molecule has 2 rings (SSSR count). The molecule has 1 aliphatic heterocycles. The number of nitrogens with two attached hydrogens (primary N) is 2. The number of aliphatic hydroxyl groups excluding tert-OH is 1. The molecule has 3 atom stereocenters. The van der Waals surface area contributed by atoms with Crippen LogP contribution in [0.15, 0.2) is 5.18 Å². The van der Waals surface area contributed by atoms with E-state index < -0.39 is 18.2 Å². The SMILES string of the molecule is N#CC(N=O)C(O)C1CNc2nc(N)nc(N)c2N1. The number of aliphatic hydroxyl groups is 1. The van der Waals surface area contributed by atoms with E-state index in [-0.39, 0.29) is 18.3 Å². The van der Waals surface area contributed by atoms with Crippen molar-refractivity contribution in [3.8, 4) is 6.07 Å². The highest BCUT2D eigenvalue weighted by Crippen LogP contribution is 2.30. The molecule has 0 radical (unpaired) electrons. The Morgan fingerprint density at radius 3 is 2.89 bits per heavy atom. The van der Waals surface area contributed by atoms with Crippen molar-refractivity contribution in [2.45, 2.75) is 18.2 Å². The molecule has 0 amide bonds. The number of hydrogen-bond acceptors (Lipinski definition) is 10. The Morgan fingerprint density at radius 2 is 2.26 bits per heavy atom. The monoisotopic (exact) mass is 264 g/mol. The number of hydrogen-bond donors (Lipinski definition) is 5. The Balaban J connectivity index is 2.23. The van der Waals surface area contributed by atoms with E-state index in [1.54, 1.807) is 6.07 Å². The van der Waals surface area contributed by atoms with E-state index in [4.69, 9.17) is 16.7 Å². The Bertz CT molecular complexity index is 542. The van der Waals surface area contributed by atoms with Gasteiger partial charge in [0, 0.05) is 6.54 Å². The van der Waals surface area contributed by atoms with Crippen molar-refractivity contribution >= 4 is 23.3 Å². The molecule has 0 aromatic carbocycles. The van der Waals surface area contributed by atoms with E-state index in [1.165, 1.54) is 0 Å². The topological polar surface area (TPSA) is 175 Å². The molecule has 10 heteroatoms. The first-order valence-corrected chi connectivity index (χ1v) is 5.40. The lowest BCUT2D eigenvalue weighted by Crippen LogP contribution is -2.47. The van der Waals surface area contributed by atoms with Gasteiger partial charge in [0.15, 0.2) is 11.6 Å². The van der Waals surface area contributed by atoms with Gasteiger partial charge in [0.1, 0.15) is 11.8 Å². The van der Waals surface area contributed by atoms with Crippen LogP contribution in [0.1, 0.15) is 0 Å². The van der Waals surface area contributed by atoms with E-state index in [0.717, 1.165) is 0 Å². The molecule has 0 fully saturated rings. The fraction of sp³-hybridized carbons (Fsp3) is 0.444. The maximum Gasteiger partial charge on any atom is 0.224 e. The minimum atomic E-state index is -1.36. The molecule has 0 aliphatic carbocycles. The minimum Gasteiger partial charge on any atom is -0.387 e. The summed E-state index contributed by atoms with van der Waals surface area (Å²) >= 11 is 0. The summed E-state index contributed by atoms with van der Waals surface area (Å²) in [5, 5.41) is 26.9. The molecule has 7 N–H and O–H groups in total. The van der Waals surface area contributed by atoms with Gasteiger partial charge in [0.2, 0.25) is 12.0 Å². The molecule has 0 saturated heterocycles. The Morgan fingerprint density at radius 1 is 1.53 bits per heavy atom. The second-order valence-electron chi connectivity index (χ2n) is 3.99. The van der Waals surface area contributed by atoms with Crippen molar-refractivity contribution in [3.63, 3.8) is 0 Å². The van der Waals surface area contributed by atoms with Gasteiger partial charge in [-0.25, -0.2) is 0 Å². The van der Waals surface area contributed by atoms with Crippen LogP contribution < -0.4 is 22.1 Å². The quantitative estimate of drug-likeness (QED) is 0.422. The molecule has 1 aliphatic rings. The van der Waals surface area contributed by atoms with Gasteiger partial charge in [-0.15, -0.1) is 4.91 Å². The maximum atomic E-state index is 10.4. The molecule has 100 valence electrons. The van der Waals surface area contributed by atoms with E-state index >= 15 is 0 Å². The average molecular weight is 264 g/mol. The zero-order valence-electron chi connectivity index (χ0n) is 9.74. The molecule has 1 aromatic heterocycles. The number of anilines is 4. The third-order valence-corrected chi connectivity index (χ3v) is 2.76. The number of aromatic nitrogens is 2. The molecule has 0 saturated carbocycles. The van der Waals surface area contributed by atoms with Gasteiger partial charge in [-0.1, -0.05) is 0 Å². The minimum absolute atomic E-state index is 0.0222. The highest BCUT2D eigenvalue weighted by molar-refractivity contribution is 5.78. The maximum absolute atomic E-state index is 10.4. The summed E-state index contributed by atoms with van der Waals surface area (Å²) < 4.78 is 0. The van der Waals surface area contributed by atoms with Crippen LogP contribution in [-0.2, 0) is 0 Å². The van der Waals surface area contributed by atoms with Gasteiger partial charge in [0.05, 0.1) is 12.1 Å². The van der Waals surface area contributed by atoms with Crippen molar-refractivity contribution < 1.29 is 5.11 Å². The van der Waals surface area contributed by atoms with Crippen LogP contribution in [0.5, 0.6) is 0 Å². The van der Waals surface area contributed by atoms with Crippen molar-refractivity contribution in [1.29, 1.82) is 5.26 Å². The second kappa shape index (κ2) is 4.91. The van der Waals surface area contributed by atoms with Gasteiger partial charge in [-0.05, 0) is 5.18 Å². The first-order chi connectivity index (χ1) is 9.06. The number of nitrogen functional groups attached to an aromatic ring is 2. The molecular formula is C9H12N8O2. The molecule has 1 aromatic rings. The largest absolute Gasteiger partial charge is 0.387 e. The van der Waals surface area contributed by atoms with Crippen LogP contribution in [-0.4, -0.2) is 39.8 Å². The number of nitrogens with one attached hydrogen (secondary N) is 2. The third kappa shape index (κ3) is 2.31. The first-order valence-electron chi connectivity index (χ1n) is 5.40. The molecule has 0 spiro atoms. The number of nitriles is 1. The van der Waals surface area contributed by atoms with Crippen LogP contribution in [0.3, 0.4) is 0 Å². The summed E-state index contributed by atoms with van der Waals surface area (Å²) in [5.41, 5.74) is 11.5. The molecule has 2 heterocycles. The third-order valence-electron chi connectivity index (χ3n) is 2.76. The van der Waals surface area contributed by atoms with Crippen molar-refractivity contribution in [2.24, 2.45) is 5.18 Å². The molecule has 19 heavy (non-hydrogen) atoms. The Hall–Kier alpha value is -2.67. The van der Waals surface area contributed by atoms with E-state index in [9.17, 15) is 10.0 Å². The summed E-state index contributed by atoms with van der Waals surface area (Å²) in [5.74, 6) is 0.537. The second-order valence-corrected chi connectivity index (χ2v) is 3.99. The van der Waals surface area contributed by atoms with Gasteiger partial charge in [-0.2, -0.15) is 15.2 Å². The fourth-order valence-corrected chi connectivity index (χ4v) is 1.80. The average Bonchev–Trinajstić information content (AvgIpc) is 2.39. The summed E-state index contributed by atoms with van der Waals surface area (Å²) in [7, 11) is 0. The zero-order chi connectivity index (χ0) is 14.0. The van der Waals surface area contributed by atoms with E-state index in [2.05, 4.69) is 25.8 Å². The number of nitrogens with zero attached hydrogens (tertiary/aromatic N) is 4. The number of nitroso groups, excluding NO2 is 1. The Kier molecular flexibility index (Phi) is 3.30. The van der Waals surface area contributed by atoms with Gasteiger partial charge >= 0.3 is 0 Å². The molecule has 3 unspecified atom stereocenters. The lowest BCUT2D eigenvalue weighted by molar-refractivity contribution is 0.144. The normalized spacial score (nSPS) is 20.1. The van der Waals surface area contributed by atoms with Crippen molar-refractivity contribution in [3.05, 3.63) is 4.91 Å². The summed E-state index contributed by atoms with van der Waals surface area (Å²) in [6.45, 7) is 0.234. The highest BCUT2D eigenvalue weighted by atomic mass is 16.3. The predicted molar refractivity (Wildman–Crippen MR) is 68.0 cm³/mol. The van der Waals surface area contributed by atoms with Crippen LogP contribution in [0.4, 0.5) is 23.3 Å². The standard InChI is InChI=1S/C9H12N8O2/c10-1-3(17-19)6(18)4-2-13-8-5(14-4)7(11)15-9(12)16-8/h3-4,6,14,18H,2H2,(H5,11,12,13,15,16). The van der Waals surface area contributed by atoms with E-state index in [0.29, 0.717) is 11.5 Å². The first kappa shape index (κ1) is 12.8. The van der Waals surface area contributed by atoms with Gasteiger partial charge < -0.3 is 27.2 Å².